The molecule has 3 rings (SSSR count). The molecule has 1 heterocycles. The Bertz CT molecular complexity index is 871. The van der Waals surface area contributed by atoms with Gasteiger partial charge in [-0.25, -0.2) is 4.39 Å². The highest BCUT2D eigenvalue weighted by molar-refractivity contribution is 5.92. The maximum Gasteiger partial charge on any atom is 0.226 e. The molecule has 0 saturated carbocycles. The van der Waals surface area contributed by atoms with Crippen LogP contribution in [0.25, 0.3) is 0 Å². The second-order valence-electron chi connectivity index (χ2n) is 6.27. The molecular formula is C21H21FN2O. The van der Waals surface area contributed by atoms with Crippen molar-refractivity contribution in [1.29, 1.82) is 0 Å². The molecule has 0 saturated heterocycles. The Kier molecular flexibility index (Phi) is 4.98. The molecule has 1 atom stereocenters. The third kappa shape index (κ3) is 4.15. The summed E-state index contributed by atoms with van der Waals surface area (Å²) in [5, 5.41) is 2.98. The van der Waals surface area contributed by atoms with Crippen molar-refractivity contribution in [1.82, 2.24) is 4.57 Å². The van der Waals surface area contributed by atoms with Gasteiger partial charge in [0.25, 0.3) is 0 Å². The summed E-state index contributed by atoms with van der Waals surface area (Å²) >= 11 is 0. The Morgan fingerprint density at radius 1 is 1.08 bits per heavy atom. The number of amides is 1. The van der Waals surface area contributed by atoms with Crippen molar-refractivity contribution < 1.29 is 9.18 Å². The number of aromatic nitrogens is 1. The molecule has 3 nitrogen and oxygen atoms in total. The Morgan fingerprint density at radius 2 is 1.84 bits per heavy atom. The highest BCUT2D eigenvalue weighted by Crippen LogP contribution is 2.24. The predicted molar refractivity (Wildman–Crippen MR) is 98.1 cm³/mol. The van der Waals surface area contributed by atoms with E-state index >= 15 is 0 Å². The number of benzene rings is 2. The van der Waals surface area contributed by atoms with Crippen molar-refractivity contribution in [3.8, 4) is 0 Å². The number of rotatable bonds is 5. The van der Waals surface area contributed by atoms with E-state index in [9.17, 15) is 9.18 Å². The third-order valence-corrected chi connectivity index (χ3v) is 4.27. The van der Waals surface area contributed by atoms with E-state index < -0.39 is 0 Å². The molecule has 128 valence electrons. The first-order chi connectivity index (χ1) is 12.0. The van der Waals surface area contributed by atoms with Crippen molar-refractivity contribution in [2.45, 2.75) is 26.3 Å². The lowest BCUT2D eigenvalue weighted by Gasteiger charge is -2.20. The van der Waals surface area contributed by atoms with Crippen LogP contribution in [-0.4, -0.2) is 10.5 Å². The van der Waals surface area contributed by atoms with E-state index in [2.05, 4.69) is 5.32 Å². The molecule has 1 aromatic heterocycles. The van der Waals surface area contributed by atoms with Crippen LogP contribution in [0.4, 0.5) is 10.1 Å². The van der Waals surface area contributed by atoms with Crippen LogP contribution in [0.5, 0.6) is 0 Å². The van der Waals surface area contributed by atoms with Gasteiger partial charge in [-0.15, -0.1) is 0 Å². The number of carbonyl (C=O) groups excluding carboxylic acids is 1. The summed E-state index contributed by atoms with van der Waals surface area (Å²) in [6, 6.07) is 15.9. The molecule has 2 aromatic carbocycles. The zero-order chi connectivity index (χ0) is 17.8. The van der Waals surface area contributed by atoms with Gasteiger partial charge in [0, 0.05) is 18.1 Å². The number of halogens is 1. The van der Waals surface area contributed by atoms with Crippen LogP contribution in [0, 0.1) is 19.7 Å². The topological polar surface area (TPSA) is 34.0 Å². The van der Waals surface area contributed by atoms with Crippen molar-refractivity contribution in [3.63, 3.8) is 0 Å². The average Bonchev–Trinajstić information content (AvgIpc) is 3.10. The van der Waals surface area contributed by atoms with E-state index in [4.69, 9.17) is 0 Å². The monoisotopic (exact) mass is 336 g/mol. The molecule has 0 radical (unpaired) electrons. The lowest BCUT2D eigenvalue weighted by Crippen LogP contribution is -2.20. The summed E-state index contributed by atoms with van der Waals surface area (Å²) in [4.78, 5) is 12.6. The third-order valence-electron chi connectivity index (χ3n) is 4.27. The largest absolute Gasteiger partial charge is 0.346 e. The van der Waals surface area contributed by atoms with E-state index in [-0.39, 0.29) is 24.2 Å². The minimum atomic E-state index is -0.301. The van der Waals surface area contributed by atoms with Crippen molar-refractivity contribution in [3.05, 3.63) is 89.5 Å². The standard InChI is InChI=1S/C21H21FN2O/c1-15-8-9-16(2)19(12-15)23-21(25)14-20(24-10-3-4-11-24)17-6-5-7-18(22)13-17/h3-13,20H,14H2,1-2H3,(H,23,25)/t20-/m0/s1. The second-order valence-corrected chi connectivity index (χ2v) is 6.27. The Hall–Kier alpha value is -2.88. The number of hydrogen-bond donors (Lipinski definition) is 1. The minimum absolute atomic E-state index is 0.100. The highest BCUT2D eigenvalue weighted by Gasteiger charge is 2.18. The molecule has 0 spiro atoms. The molecule has 0 bridgehead atoms. The number of anilines is 1. The number of carbonyl (C=O) groups is 1. The van der Waals surface area contributed by atoms with Crippen LogP contribution in [0.3, 0.4) is 0 Å². The average molecular weight is 336 g/mol. The van der Waals surface area contributed by atoms with Gasteiger partial charge < -0.3 is 9.88 Å². The normalized spacial score (nSPS) is 12.0. The highest BCUT2D eigenvalue weighted by atomic mass is 19.1. The number of aryl methyl sites for hydroxylation is 2. The Labute approximate surface area is 147 Å². The first kappa shape index (κ1) is 17.0. The maximum atomic E-state index is 13.6. The molecule has 0 aliphatic heterocycles. The van der Waals surface area contributed by atoms with E-state index in [1.165, 1.54) is 12.1 Å². The summed E-state index contributed by atoms with van der Waals surface area (Å²) in [5.41, 5.74) is 3.69. The van der Waals surface area contributed by atoms with Gasteiger partial charge in [0.15, 0.2) is 0 Å². The SMILES string of the molecule is Cc1ccc(C)c(NC(=O)C[C@@H](c2cccc(F)c2)n2cccc2)c1. The zero-order valence-corrected chi connectivity index (χ0v) is 14.4. The lowest BCUT2D eigenvalue weighted by atomic mass is 10.0. The fourth-order valence-electron chi connectivity index (χ4n) is 2.91. The fourth-order valence-corrected chi connectivity index (χ4v) is 2.91. The lowest BCUT2D eigenvalue weighted by molar-refractivity contribution is -0.116. The summed E-state index contributed by atoms with van der Waals surface area (Å²) in [6.45, 7) is 3.95. The Morgan fingerprint density at radius 3 is 2.56 bits per heavy atom. The van der Waals surface area contributed by atoms with Crippen molar-refractivity contribution >= 4 is 11.6 Å². The van der Waals surface area contributed by atoms with Gasteiger partial charge in [0.05, 0.1) is 12.5 Å². The molecule has 3 aromatic rings. The van der Waals surface area contributed by atoms with Gasteiger partial charge >= 0.3 is 0 Å². The number of nitrogens with one attached hydrogen (secondary N) is 1. The fraction of sp³-hybridized carbons (Fsp3) is 0.190. The molecule has 1 N–H and O–H groups in total. The molecule has 4 heteroatoms. The van der Waals surface area contributed by atoms with Crippen LogP contribution in [0.2, 0.25) is 0 Å². The van der Waals surface area contributed by atoms with Gasteiger partial charge in [-0.2, -0.15) is 0 Å². The summed E-state index contributed by atoms with van der Waals surface area (Å²) in [5.74, 6) is -0.402. The molecule has 0 aliphatic rings. The van der Waals surface area contributed by atoms with E-state index in [0.717, 1.165) is 22.4 Å². The first-order valence-electron chi connectivity index (χ1n) is 8.28. The predicted octanol–water partition coefficient (Wildman–Crippen LogP) is 4.86. The van der Waals surface area contributed by atoms with E-state index in [0.29, 0.717) is 0 Å². The summed E-state index contributed by atoms with van der Waals surface area (Å²) in [6.07, 6.45) is 4.01. The number of nitrogens with zero attached hydrogens (tertiary/aromatic N) is 1. The van der Waals surface area contributed by atoms with Crippen LogP contribution in [0.15, 0.2) is 67.0 Å². The summed E-state index contributed by atoms with van der Waals surface area (Å²) in [7, 11) is 0. The molecule has 0 aliphatic carbocycles. The van der Waals surface area contributed by atoms with E-state index in [1.807, 2.05) is 67.2 Å². The van der Waals surface area contributed by atoms with Gasteiger partial charge in [-0.1, -0.05) is 24.3 Å². The molecule has 0 fully saturated rings. The molecule has 25 heavy (non-hydrogen) atoms. The van der Waals surface area contributed by atoms with Gasteiger partial charge in [0.2, 0.25) is 5.91 Å². The minimum Gasteiger partial charge on any atom is -0.346 e. The van der Waals surface area contributed by atoms with Crippen LogP contribution >= 0.6 is 0 Å². The molecule has 0 unspecified atom stereocenters. The van der Waals surface area contributed by atoms with E-state index in [1.54, 1.807) is 6.07 Å². The van der Waals surface area contributed by atoms with Gasteiger partial charge in [-0.05, 0) is 60.9 Å². The number of hydrogen-bond acceptors (Lipinski definition) is 1. The molecule has 1 amide bonds. The van der Waals surface area contributed by atoms with Crippen LogP contribution < -0.4 is 5.32 Å². The summed E-state index contributed by atoms with van der Waals surface area (Å²) < 4.78 is 15.6. The quantitative estimate of drug-likeness (QED) is 0.709. The van der Waals surface area contributed by atoms with Crippen LogP contribution in [0.1, 0.15) is 29.2 Å². The van der Waals surface area contributed by atoms with Crippen molar-refractivity contribution in [2.24, 2.45) is 0 Å². The van der Waals surface area contributed by atoms with Crippen LogP contribution in [-0.2, 0) is 4.79 Å². The molecular weight excluding hydrogens is 315 g/mol. The van der Waals surface area contributed by atoms with Crippen molar-refractivity contribution in [2.75, 3.05) is 5.32 Å². The second kappa shape index (κ2) is 7.34. The zero-order valence-electron chi connectivity index (χ0n) is 14.4. The van der Waals surface area contributed by atoms with Gasteiger partial charge in [0.1, 0.15) is 5.82 Å². The maximum absolute atomic E-state index is 13.6. The first-order valence-corrected chi connectivity index (χ1v) is 8.28. The smallest absolute Gasteiger partial charge is 0.226 e. The Balaban J connectivity index is 1.83. The van der Waals surface area contributed by atoms with Gasteiger partial charge in [-0.3, -0.25) is 4.79 Å².